The molecular weight excluding hydrogens is 227 g/mol. The number of hydrogen-bond donors (Lipinski definition) is 1. The number of benzene rings is 1. The van der Waals surface area contributed by atoms with Gasteiger partial charge in [0.1, 0.15) is 0 Å². The normalized spacial score (nSPS) is 13.7. The van der Waals surface area contributed by atoms with E-state index in [0.29, 0.717) is 6.42 Å². The van der Waals surface area contributed by atoms with Gasteiger partial charge in [0.2, 0.25) is 0 Å². The molecule has 0 heterocycles. The van der Waals surface area contributed by atoms with Crippen LogP contribution in [0.1, 0.15) is 49.8 Å². The first-order valence-electron chi connectivity index (χ1n) is 5.88. The Balaban J connectivity index is 2.82. The third kappa shape index (κ3) is 4.04. The van der Waals surface area contributed by atoms with E-state index in [0.717, 1.165) is 25.3 Å². The van der Waals surface area contributed by atoms with Crippen LogP contribution in [-0.4, -0.2) is 0 Å². The van der Waals surface area contributed by atoms with Gasteiger partial charge < -0.3 is 5.73 Å². The maximum absolute atomic E-state index is 12.7. The first-order valence-corrected chi connectivity index (χ1v) is 5.88. The predicted molar refractivity (Wildman–Crippen MR) is 62.5 cm³/mol. The molecule has 0 amide bonds. The second-order valence-corrected chi connectivity index (χ2v) is 4.19. The molecule has 2 N–H and O–H groups in total. The molecule has 96 valence electrons. The van der Waals surface area contributed by atoms with Gasteiger partial charge >= 0.3 is 6.18 Å². The molecule has 0 aliphatic carbocycles. The fourth-order valence-electron chi connectivity index (χ4n) is 1.85. The smallest absolute Gasteiger partial charge is 0.324 e. The minimum Gasteiger partial charge on any atom is -0.324 e. The first kappa shape index (κ1) is 14.0. The highest BCUT2D eigenvalue weighted by molar-refractivity contribution is 5.32. The van der Waals surface area contributed by atoms with Crippen LogP contribution < -0.4 is 5.73 Å². The average molecular weight is 245 g/mol. The lowest BCUT2D eigenvalue weighted by molar-refractivity contribution is -0.138. The number of unbranched alkanes of at least 4 members (excludes halogenated alkanes) is 2. The largest absolute Gasteiger partial charge is 0.416 e. The van der Waals surface area contributed by atoms with Gasteiger partial charge in [0.05, 0.1) is 5.56 Å². The van der Waals surface area contributed by atoms with Crippen LogP contribution >= 0.6 is 0 Å². The van der Waals surface area contributed by atoms with Crippen molar-refractivity contribution < 1.29 is 13.2 Å². The van der Waals surface area contributed by atoms with Crippen LogP contribution in [0.4, 0.5) is 13.2 Å². The summed E-state index contributed by atoms with van der Waals surface area (Å²) < 4.78 is 38.2. The summed E-state index contributed by atoms with van der Waals surface area (Å²) in [5.74, 6) is 0. The Bertz CT molecular complexity index is 347. The summed E-state index contributed by atoms with van der Waals surface area (Å²) in [4.78, 5) is 0. The van der Waals surface area contributed by atoms with Crippen molar-refractivity contribution in [2.45, 2.75) is 44.8 Å². The standard InChI is InChI=1S/C13H18F3N/c1-2-3-4-9-12(17)10-7-5-6-8-11(10)13(14,15)16/h5-8,12H,2-4,9,17H2,1H3/t12-/m1/s1. The average Bonchev–Trinajstić information content (AvgIpc) is 2.28. The Morgan fingerprint density at radius 1 is 1.18 bits per heavy atom. The van der Waals surface area contributed by atoms with Crippen LogP contribution in [0.2, 0.25) is 0 Å². The number of halogens is 3. The molecule has 0 aromatic heterocycles. The van der Waals surface area contributed by atoms with Crippen LogP contribution in [0.3, 0.4) is 0 Å². The van der Waals surface area contributed by atoms with E-state index >= 15 is 0 Å². The van der Waals surface area contributed by atoms with Gasteiger partial charge in [0.15, 0.2) is 0 Å². The van der Waals surface area contributed by atoms with Gasteiger partial charge in [0, 0.05) is 6.04 Å². The lowest BCUT2D eigenvalue weighted by Gasteiger charge is -2.18. The summed E-state index contributed by atoms with van der Waals surface area (Å²) in [6.45, 7) is 2.05. The van der Waals surface area contributed by atoms with Crippen LogP contribution in [-0.2, 0) is 6.18 Å². The SMILES string of the molecule is CCCCC[C@@H](N)c1ccccc1C(F)(F)F. The van der Waals surface area contributed by atoms with Crippen LogP contribution in [0.25, 0.3) is 0 Å². The van der Waals surface area contributed by atoms with Gasteiger partial charge in [-0.25, -0.2) is 0 Å². The van der Waals surface area contributed by atoms with Gasteiger partial charge in [-0.1, -0.05) is 44.4 Å². The van der Waals surface area contributed by atoms with Crippen molar-refractivity contribution in [3.05, 3.63) is 35.4 Å². The van der Waals surface area contributed by atoms with E-state index in [2.05, 4.69) is 6.92 Å². The number of rotatable bonds is 5. The quantitative estimate of drug-likeness (QED) is 0.769. The second kappa shape index (κ2) is 6.05. The highest BCUT2D eigenvalue weighted by Crippen LogP contribution is 2.34. The molecule has 1 aromatic carbocycles. The van der Waals surface area contributed by atoms with E-state index in [1.54, 1.807) is 6.07 Å². The molecule has 1 aromatic rings. The van der Waals surface area contributed by atoms with Crippen molar-refractivity contribution in [2.75, 3.05) is 0 Å². The lowest BCUT2D eigenvalue weighted by Crippen LogP contribution is -2.17. The third-order valence-corrected chi connectivity index (χ3v) is 2.78. The molecule has 0 aliphatic heterocycles. The maximum Gasteiger partial charge on any atom is 0.416 e. The minimum atomic E-state index is -4.32. The van der Waals surface area contributed by atoms with Crippen molar-refractivity contribution >= 4 is 0 Å². The molecule has 0 radical (unpaired) electrons. The van der Waals surface area contributed by atoms with Crippen molar-refractivity contribution in [2.24, 2.45) is 5.73 Å². The van der Waals surface area contributed by atoms with Crippen molar-refractivity contribution in [1.82, 2.24) is 0 Å². The van der Waals surface area contributed by atoms with E-state index in [1.165, 1.54) is 12.1 Å². The molecular formula is C13H18F3N. The summed E-state index contributed by atoms with van der Waals surface area (Å²) in [5.41, 5.74) is 5.43. The molecule has 1 atom stereocenters. The molecule has 0 unspecified atom stereocenters. The molecule has 1 nitrogen and oxygen atoms in total. The fourth-order valence-corrected chi connectivity index (χ4v) is 1.85. The van der Waals surface area contributed by atoms with Crippen LogP contribution in [0.5, 0.6) is 0 Å². The summed E-state index contributed by atoms with van der Waals surface area (Å²) >= 11 is 0. The fraction of sp³-hybridized carbons (Fsp3) is 0.538. The summed E-state index contributed by atoms with van der Waals surface area (Å²) in [5, 5.41) is 0. The zero-order chi connectivity index (χ0) is 12.9. The Hall–Kier alpha value is -1.03. The van der Waals surface area contributed by atoms with Crippen molar-refractivity contribution in [3.8, 4) is 0 Å². The van der Waals surface area contributed by atoms with Crippen molar-refractivity contribution in [1.29, 1.82) is 0 Å². The maximum atomic E-state index is 12.7. The molecule has 0 fully saturated rings. The third-order valence-electron chi connectivity index (χ3n) is 2.78. The summed E-state index contributed by atoms with van der Waals surface area (Å²) in [6.07, 6.45) is -0.820. The molecule has 0 saturated heterocycles. The van der Waals surface area contributed by atoms with Gasteiger partial charge in [-0.3, -0.25) is 0 Å². The lowest BCUT2D eigenvalue weighted by atomic mass is 9.96. The van der Waals surface area contributed by atoms with Crippen LogP contribution in [0.15, 0.2) is 24.3 Å². The molecule has 1 rings (SSSR count). The summed E-state index contributed by atoms with van der Waals surface area (Å²) in [7, 11) is 0. The van der Waals surface area contributed by atoms with E-state index < -0.39 is 17.8 Å². The second-order valence-electron chi connectivity index (χ2n) is 4.19. The first-order chi connectivity index (χ1) is 7.96. The van der Waals surface area contributed by atoms with Gasteiger partial charge in [-0.2, -0.15) is 13.2 Å². The molecule has 17 heavy (non-hydrogen) atoms. The Morgan fingerprint density at radius 3 is 2.41 bits per heavy atom. The zero-order valence-electron chi connectivity index (χ0n) is 9.93. The highest BCUT2D eigenvalue weighted by atomic mass is 19.4. The number of hydrogen-bond acceptors (Lipinski definition) is 1. The summed E-state index contributed by atoms with van der Waals surface area (Å²) in [6, 6.07) is 5.03. The topological polar surface area (TPSA) is 26.0 Å². The molecule has 0 saturated carbocycles. The van der Waals surface area contributed by atoms with Gasteiger partial charge in [-0.05, 0) is 18.1 Å². The van der Waals surface area contributed by atoms with E-state index in [9.17, 15) is 13.2 Å². The Morgan fingerprint density at radius 2 is 1.82 bits per heavy atom. The number of alkyl halides is 3. The zero-order valence-corrected chi connectivity index (χ0v) is 9.93. The molecule has 0 aliphatic rings. The van der Waals surface area contributed by atoms with E-state index in [4.69, 9.17) is 5.73 Å². The van der Waals surface area contributed by atoms with E-state index in [-0.39, 0.29) is 5.56 Å². The van der Waals surface area contributed by atoms with Crippen LogP contribution in [0, 0.1) is 0 Å². The number of nitrogens with two attached hydrogens (primary N) is 1. The molecule has 4 heteroatoms. The Labute approximate surface area is 99.8 Å². The van der Waals surface area contributed by atoms with Crippen molar-refractivity contribution in [3.63, 3.8) is 0 Å². The minimum absolute atomic E-state index is 0.205. The Kier molecular flexibility index (Phi) is 5.00. The molecule has 0 spiro atoms. The van der Waals surface area contributed by atoms with Gasteiger partial charge in [-0.15, -0.1) is 0 Å². The predicted octanol–water partition coefficient (Wildman–Crippen LogP) is 4.29. The van der Waals surface area contributed by atoms with Gasteiger partial charge in [0.25, 0.3) is 0 Å². The highest BCUT2D eigenvalue weighted by Gasteiger charge is 2.34. The van der Waals surface area contributed by atoms with E-state index in [1.807, 2.05) is 0 Å². The monoisotopic (exact) mass is 245 g/mol. The molecule has 0 bridgehead atoms.